The van der Waals surface area contributed by atoms with Crippen molar-refractivity contribution in [2.24, 2.45) is 5.41 Å². The second-order valence-electron chi connectivity index (χ2n) is 8.20. The molecule has 2 aliphatic heterocycles. The summed E-state index contributed by atoms with van der Waals surface area (Å²) in [6.45, 7) is 10.2. The van der Waals surface area contributed by atoms with Gasteiger partial charge in [0.25, 0.3) is 0 Å². The number of hydrogen-bond donors (Lipinski definition) is 0. The number of anilines is 1. The van der Waals surface area contributed by atoms with Crippen LogP contribution in [-0.4, -0.2) is 36.4 Å². The number of aromatic nitrogens is 1. The highest BCUT2D eigenvalue weighted by Gasteiger charge is 2.54. The Morgan fingerprint density at radius 3 is 2.30 bits per heavy atom. The molecule has 2 saturated heterocycles. The lowest BCUT2D eigenvalue weighted by molar-refractivity contribution is 0.00578. The first kappa shape index (κ1) is 15.0. The fraction of sp³-hybridized carbons (Fsp3) is 0.647. The standard InChI is InChI=1S/C17H22BN3O2/c1-15(2)16(3,4)23-18(22-15)13-7-12(8-19)14(20-9-13)21-10-17(11-21)5-6-17/h7,9H,5-6,10-11H2,1-4H3. The molecule has 1 aromatic heterocycles. The van der Waals surface area contributed by atoms with Crippen LogP contribution in [0.25, 0.3) is 0 Å². The lowest BCUT2D eigenvalue weighted by Crippen LogP contribution is -2.49. The molecule has 0 radical (unpaired) electrons. The second kappa shape index (κ2) is 4.49. The number of pyridine rings is 1. The van der Waals surface area contributed by atoms with Gasteiger partial charge in [-0.3, -0.25) is 0 Å². The van der Waals surface area contributed by atoms with Crippen LogP contribution in [0.15, 0.2) is 12.3 Å². The van der Waals surface area contributed by atoms with E-state index in [2.05, 4.69) is 16.0 Å². The van der Waals surface area contributed by atoms with Crippen LogP contribution >= 0.6 is 0 Å². The van der Waals surface area contributed by atoms with Crippen molar-refractivity contribution in [2.45, 2.75) is 51.7 Å². The van der Waals surface area contributed by atoms with Crippen molar-refractivity contribution in [3.63, 3.8) is 0 Å². The number of rotatable bonds is 2. The molecule has 1 saturated carbocycles. The van der Waals surface area contributed by atoms with Crippen molar-refractivity contribution in [3.8, 4) is 6.07 Å². The first-order valence-electron chi connectivity index (χ1n) is 8.26. The van der Waals surface area contributed by atoms with E-state index in [1.54, 1.807) is 6.20 Å². The molecule has 23 heavy (non-hydrogen) atoms. The lowest BCUT2D eigenvalue weighted by atomic mass is 9.79. The second-order valence-corrected chi connectivity index (χ2v) is 8.20. The molecule has 0 aromatic carbocycles. The van der Waals surface area contributed by atoms with E-state index in [9.17, 15) is 5.26 Å². The van der Waals surface area contributed by atoms with Crippen LogP contribution in [0.5, 0.6) is 0 Å². The Morgan fingerprint density at radius 2 is 1.78 bits per heavy atom. The Kier molecular flexibility index (Phi) is 2.93. The fourth-order valence-electron chi connectivity index (χ4n) is 3.32. The predicted molar refractivity (Wildman–Crippen MR) is 88.5 cm³/mol. The molecule has 3 fully saturated rings. The Bertz CT molecular complexity index is 682. The summed E-state index contributed by atoms with van der Waals surface area (Å²) < 4.78 is 12.1. The molecule has 3 aliphatic rings. The molecule has 0 unspecified atom stereocenters. The molecule has 4 rings (SSSR count). The largest absolute Gasteiger partial charge is 0.496 e. The first-order chi connectivity index (χ1) is 10.8. The molecule has 3 heterocycles. The maximum absolute atomic E-state index is 9.51. The van der Waals surface area contributed by atoms with E-state index in [4.69, 9.17) is 9.31 Å². The minimum absolute atomic E-state index is 0.390. The first-order valence-corrected chi connectivity index (χ1v) is 8.26. The van der Waals surface area contributed by atoms with E-state index in [0.29, 0.717) is 11.0 Å². The SMILES string of the molecule is CC1(C)OB(c2cnc(N3CC4(CC4)C3)c(C#N)c2)OC1(C)C. The Labute approximate surface area is 137 Å². The summed E-state index contributed by atoms with van der Waals surface area (Å²) in [5.41, 5.74) is 1.18. The summed E-state index contributed by atoms with van der Waals surface area (Å²) >= 11 is 0. The van der Waals surface area contributed by atoms with E-state index >= 15 is 0 Å². The van der Waals surface area contributed by atoms with Gasteiger partial charge in [-0.05, 0) is 46.6 Å². The zero-order valence-electron chi connectivity index (χ0n) is 14.2. The number of nitrogens with zero attached hydrogens (tertiary/aromatic N) is 3. The van der Waals surface area contributed by atoms with Crippen LogP contribution in [0.1, 0.15) is 46.1 Å². The summed E-state index contributed by atoms with van der Waals surface area (Å²) in [5, 5.41) is 9.51. The maximum atomic E-state index is 9.51. The van der Waals surface area contributed by atoms with Gasteiger partial charge < -0.3 is 14.2 Å². The highest BCUT2D eigenvalue weighted by atomic mass is 16.7. The molecule has 6 heteroatoms. The average molecular weight is 311 g/mol. The van der Waals surface area contributed by atoms with Crippen molar-refractivity contribution in [2.75, 3.05) is 18.0 Å². The van der Waals surface area contributed by atoms with Gasteiger partial charge in [0.1, 0.15) is 11.9 Å². The molecule has 1 spiro atoms. The Hall–Kier alpha value is -1.58. The minimum atomic E-state index is -0.472. The Morgan fingerprint density at radius 1 is 1.17 bits per heavy atom. The molecule has 0 atom stereocenters. The van der Waals surface area contributed by atoms with Crippen LogP contribution in [0.2, 0.25) is 0 Å². The summed E-state index contributed by atoms with van der Waals surface area (Å²) in [6.07, 6.45) is 4.42. The van der Waals surface area contributed by atoms with Crippen LogP contribution in [0, 0.1) is 16.7 Å². The highest BCUT2D eigenvalue weighted by Crippen LogP contribution is 2.53. The smallest absolute Gasteiger partial charge is 0.399 e. The molecule has 0 N–H and O–H groups in total. The number of nitriles is 1. The summed E-state index contributed by atoms with van der Waals surface area (Å²) in [4.78, 5) is 6.76. The van der Waals surface area contributed by atoms with Gasteiger partial charge in [-0.1, -0.05) is 0 Å². The van der Waals surface area contributed by atoms with Gasteiger partial charge in [-0.2, -0.15) is 5.26 Å². The molecule has 0 bridgehead atoms. The van der Waals surface area contributed by atoms with Crippen LogP contribution < -0.4 is 10.4 Å². The van der Waals surface area contributed by atoms with Crippen LogP contribution in [0.3, 0.4) is 0 Å². The number of hydrogen-bond acceptors (Lipinski definition) is 5. The van der Waals surface area contributed by atoms with Gasteiger partial charge >= 0.3 is 7.12 Å². The van der Waals surface area contributed by atoms with Gasteiger partial charge in [0.2, 0.25) is 0 Å². The Balaban J connectivity index is 1.58. The van der Waals surface area contributed by atoms with Crippen molar-refractivity contribution in [1.82, 2.24) is 4.98 Å². The van der Waals surface area contributed by atoms with Crippen LogP contribution in [0.4, 0.5) is 5.82 Å². The highest BCUT2D eigenvalue weighted by molar-refractivity contribution is 6.62. The lowest BCUT2D eigenvalue weighted by Gasteiger charge is -2.41. The molecule has 0 amide bonds. The van der Waals surface area contributed by atoms with E-state index < -0.39 is 7.12 Å². The van der Waals surface area contributed by atoms with Crippen molar-refractivity contribution >= 4 is 18.4 Å². The minimum Gasteiger partial charge on any atom is -0.399 e. The van der Waals surface area contributed by atoms with Gasteiger partial charge in [-0.15, -0.1) is 0 Å². The quantitative estimate of drug-likeness (QED) is 0.780. The predicted octanol–water partition coefficient (Wildman–Crippen LogP) is 1.85. The summed E-state index contributed by atoms with van der Waals surface area (Å²) in [7, 11) is -0.472. The molecule has 1 aliphatic carbocycles. The zero-order chi connectivity index (χ0) is 16.5. The maximum Gasteiger partial charge on any atom is 0.496 e. The van der Waals surface area contributed by atoms with Gasteiger partial charge in [-0.25, -0.2) is 4.98 Å². The third-order valence-electron chi connectivity index (χ3n) is 5.84. The average Bonchev–Trinajstić information content (AvgIpc) is 3.20. The topological polar surface area (TPSA) is 58.4 Å². The third-order valence-corrected chi connectivity index (χ3v) is 5.84. The molecule has 120 valence electrons. The van der Waals surface area contributed by atoms with Gasteiger partial charge in [0, 0.05) is 30.2 Å². The van der Waals surface area contributed by atoms with Crippen molar-refractivity contribution < 1.29 is 9.31 Å². The van der Waals surface area contributed by atoms with E-state index in [0.717, 1.165) is 24.4 Å². The molecular weight excluding hydrogens is 289 g/mol. The fourth-order valence-corrected chi connectivity index (χ4v) is 3.32. The molecule has 1 aromatic rings. The monoisotopic (exact) mass is 311 g/mol. The van der Waals surface area contributed by atoms with Gasteiger partial charge in [0.05, 0.1) is 16.8 Å². The van der Waals surface area contributed by atoms with E-state index in [1.165, 1.54) is 12.8 Å². The van der Waals surface area contributed by atoms with E-state index in [-0.39, 0.29) is 11.2 Å². The third kappa shape index (κ3) is 2.26. The van der Waals surface area contributed by atoms with Gasteiger partial charge in [0.15, 0.2) is 0 Å². The van der Waals surface area contributed by atoms with Crippen molar-refractivity contribution in [1.29, 1.82) is 5.26 Å². The zero-order valence-corrected chi connectivity index (χ0v) is 14.2. The van der Waals surface area contributed by atoms with Crippen molar-refractivity contribution in [3.05, 3.63) is 17.8 Å². The molecular formula is C17H22BN3O2. The summed E-state index contributed by atoms with van der Waals surface area (Å²) in [6, 6.07) is 4.15. The normalized spacial score (nSPS) is 26.0. The summed E-state index contributed by atoms with van der Waals surface area (Å²) in [5.74, 6) is 0.797. The molecule has 5 nitrogen and oxygen atoms in total. The van der Waals surface area contributed by atoms with E-state index in [1.807, 2.05) is 33.8 Å². The van der Waals surface area contributed by atoms with Crippen LogP contribution in [-0.2, 0) is 9.31 Å².